The zero-order valence-electron chi connectivity index (χ0n) is 14.8. The first-order valence-electron chi connectivity index (χ1n) is 9.39. The molecule has 0 aromatic heterocycles. The molecule has 0 aliphatic heterocycles. The summed E-state index contributed by atoms with van der Waals surface area (Å²) < 4.78 is 0. The van der Waals surface area contributed by atoms with Crippen molar-refractivity contribution < 1.29 is 10.2 Å². The predicted molar refractivity (Wildman–Crippen MR) is 99.1 cm³/mol. The minimum Gasteiger partial charge on any atom is -0.508 e. The highest BCUT2D eigenvalue weighted by Crippen LogP contribution is 2.21. The van der Waals surface area contributed by atoms with Crippen molar-refractivity contribution in [2.45, 2.75) is 84.0 Å². The fourth-order valence-electron chi connectivity index (χ4n) is 2.86. The number of phenolic OH excluding ortho intramolecular Hbond substituents is 2. The van der Waals surface area contributed by atoms with Crippen molar-refractivity contribution >= 4 is 0 Å². The molecule has 0 amide bonds. The molecule has 0 aliphatic carbocycles. The van der Waals surface area contributed by atoms with Crippen molar-refractivity contribution in [2.75, 3.05) is 0 Å². The largest absolute Gasteiger partial charge is 0.508 e. The number of hydrogen-bond donors (Lipinski definition) is 2. The SMILES string of the molecule is CCCCCCCCCCC=CCCCc1cc(O)cc(O)c1. The third-order valence-electron chi connectivity index (χ3n) is 4.19. The van der Waals surface area contributed by atoms with Gasteiger partial charge in [0.15, 0.2) is 0 Å². The number of aromatic hydroxyl groups is 2. The quantitative estimate of drug-likeness (QED) is 0.321. The van der Waals surface area contributed by atoms with Crippen LogP contribution in [0.2, 0.25) is 0 Å². The molecule has 23 heavy (non-hydrogen) atoms. The minimum atomic E-state index is 0.144. The Bertz CT molecular complexity index is 417. The van der Waals surface area contributed by atoms with E-state index in [2.05, 4.69) is 19.1 Å². The first-order chi connectivity index (χ1) is 11.2. The van der Waals surface area contributed by atoms with Gasteiger partial charge in [0.05, 0.1) is 0 Å². The Morgan fingerprint density at radius 3 is 1.83 bits per heavy atom. The molecule has 0 radical (unpaired) electrons. The lowest BCUT2D eigenvalue weighted by Crippen LogP contribution is -1.84. The first kappa shape index (κ1) is 19.6. The smallest absolute Gasteiger partial charge is 0.119 e. The second-order valence-corrected chi connectivity index (χ2v) is 6.48. The van der Waals surface area contributed by atoms with Crippen LogP contribution >= 0.6 is 0 Å². The van der Waals surface area contributed by atoms with Gasteiger partial charge < -0.3 is 10.2 Å². The number of aryl methyl sites for hydroxylation is 1. The van der Waals surface area contributed by atoms with E-state index in [1.165, 1.54) is 63.9 Å². The zero-order chi connectivity index (χ0) is 16.8. The summed E-state index contributed by atoms with van der Waals surface area (Å²) in [7, 11) is 0. The number of rotatable bonds is 13. The predicted octanol–water partition coefficient (Wildman–Crippen LogP) is 6.51. The molecule has 0 saturated heterocycles. The number of phenols is 2. The third-order valence-corrected chi connectivity index (χ3v) is 4.19. The van der Waals surface area contributed by atoms with Crippen LogP contribution in [0.5, 0.6) is 11.5 Å². The van der Waals surface area contributed by atoms with E-state index >= 15 is 0 Å². The molecule has 0 atom stereocenters. The van der Waals surface area contributed by atoms with E-state index in [1.807, 2.05) is 0 Å². The highest BCUT2D eigenvalue weighted by atomic mass is 16.3. The molecule has 0 heterocycles. The van der Waals surface area contributed by atoms with Gasteiger partial charge in [0.1, 0.15) is 11.5 Å². The fourth-order valence-corrected chi connectivity index (χ4v) is 2.86. The summed E-state index contributed by atoms with van der Waals surface area (Å²) in [4.78, 5) is 0. The second kappa shape index (κ2) is 13.0. The molecule has 1 rings (SSSR count). The summed E-state index contributed by atoms with van der Waals surface area (Å²) in [5, 5.41) is 18.8. The van der Waals surface area contributed by atoms with Crippen LogP contribution < -0.4 is 0 Å². The van der Waals surface area contributed by atoms with Crippen molar-refractivity contribution in [1.82, 2.24) is 0 Å². The number of hydrogen-bond acceptors (Lipinski definition) is 2. The number of allylic oxidation sites excluding steroid dienone is 2. The van der Waals surface area contributed by atoms with Gasteiger partial charge in [-0.05, 0) is 49.8 Å². The number of benzene rings is 1. The van der Waals surface area contributed by atoms with Crippen molar-refractivity contribution in [3.63, 3.8) is 0 Å². The van der Waals surface area contributed by atoms with Crippen LogP contribution in [-0.4, -0.2) is 10.2 Å². The molecule has 1 aromatic rings. The summed E-state index contributed by atoms with van der Waals surface area (Å²) >= 11 is 0. The van der Waals surface area contributed by atoms with E-state index in [1.54, 1.807) is 12.1 Å². The summed E-state index contributed by atoms with van der Waals surface area (Å²) in [5.41, 5.74) is 0.999. The zero-order valence-corrected chi connectivity index (χ0v) is 14.8. The average molecular weight is 319 g/mol. The second-order valence-electron chi connectivity index (χ2n) is 6.48. The normalized spacial score (nSPS) is 11.3. The Kier molecular flexibility index (Phi) is 11.1. The molecule has 0 unspecified atom stereocenters. The van der Waals surface area contributed by atoms with Crippen molar-refractivity contribution in [3.05, 3.63) is 35.9 Å². The lowest BCUT2D eigenvalue weighted by Gasteiger charge is -2.02. The fraction of sp³-hybridized carbons (Fsp3) is 0.619. The van der Waals surface area contributed by atoms with Crippen LogP contribution in [-0.2, 0) is 6.42 Å². The van der Waals surface area contributed by atoms with Crippen molar-refractivity contribution in [1.29, 1.82) is 0 Å². The van der Waals surface area contributed by atoms with Crippen molar-refractivity contribution in [3.8, 4) is 11.5 Å². The van der Waals surface area contributed by atoms with Gasteiger partial charge in [-0.1, -0.05) is 64.0 Å². The highest BCUT2D eigenvalue weighted by Gasteiger charge is 1.98. The lowest BCUT2D eigenvalue weighted by molar-refractivity contribution is 0.449. The van der Waals surface area contributed by atoms with Gasteiger partial charge >= 0.3 is 0 Å². The molecule has 0 saturated carbocycles. The Balaban J connectivity index is 1.94. The molecule has 130 valence electrons. The minimum absolute atomic E-state index is 0.144. The van der Waals surface area contributed by atoms with Crippen LogP contribution in [0.3, 0.4) is 0 Å². The Labute approximate surface area is 142 Å². The van der Waals surface area contributed by atoms with Crippen LogP contribution in [0.1, 0.15) is 83.1 Å². The third kappa shape index (κ3) is 10.8. The maximum absolute atomic E-state index is 9.42. The Morgan fingerprint density at radius 1 is 0.696 bits per heavy atom. The molecule has 2 nitrogen and oxygen atoms in total. The molecule has 0 fully saturated rings. The van der Waals surface area contributed by atoms with Gasteiger partial charge in [0.25, 0.3) is 0 Å². The summed E-state index contributed by atoms with van der Waals surface area (Å²) in [5.74, 6) is 0.287. The Morgan fingerprint density at radius 2 is 1.22 bits per heavy atom. The maximum Gasteiger partial charge on any atom is 0.119 e. The van der Waals surface area contributed by atoms with E-state index < -0.39 is 0 Å². The molecule has 1 aromatic carbocycles. The highest BCUT2D eigenvalue weighted by molar-refractivity contribution is 5.36. The van der Waals surface area contributed by atoms with Crippen LogP contribution in [0.25, 0.3) is 0 Å². The van der Waals surface area contributed by atoms with Crippen molar-refractivity contribution in [2.24, 2.45) is 0 Å². The van der Waals surface area contributed by atoms with E-state index in [-0.39, 0.29) is 11.5 Å². The standard InChI is InChI=1S/C21H34O2/c1-2-3-4-5-6-7-8-9-10-11-12-13-14-15-19-16-20(22)18-21(23)17-19/h11-12,16-18,22-23H,2-10,13-15H2,1H3. The summed E-state index contributed by atoms with van der Waals surface area (Å²) in [6.07, 6.45) is 19.8. The average Bonchev–Trinajstić information content (AvgIpc) is 2.51. The van der Waals surface area contributed by atoms with E-state index in [9.17, 15) is 10.2 Å². The molecular weight excluding hydrogens is 284 g/mol. The van der Waals surface area contributed by atoms with Gasteiger partial charge in [-0.2, -0.15) is 0 Å². The summed E-state index contributed by atoms with van der Waals surface area (Å²) in [6.45, 7) is 2.26. The Hall–Kier alpha value is -1.44. The van der Waals surface area contributed by atoms with E-state index in [0.29, 0.717) is 0 Å². The number of unbranched alkanes of at least 4 members (excludes halogenated alkanes) is 9. The molecule has 0 aliphatic rings. The molecule has 0 bridgehead atoms. The molecular formula is C21H34O2. The van der Waals surface area contributed by atoms with E-state index in [4.69, 9.17) is 0 Å². The first-order valence-corrected chi connectivity index (χ1v) is 9.39. The maximum atomic E-state index is 9.42. The lowest BCUT2D eigenvalue weighted by atomic mass is 10.1. The van der Waals surface area contributed by atoms with Gasteiger partial charge in [-0.25, -0.2) is 0 Å². The van der Waals surface area contributed by atoms with E-state index in [0.717, 1.165) is 24.8 Å². The molecule has 0 spiro atoms. The topological polar surface area (TPSA) is 40.5 Å². The van der Waals surface area contributed by atoms with Crippen LogP contribution in [0.15, 0.2) is 30.4 Å². The molecule has 2 heteroatoms. The van der Waals surface area contributed by atoms with Gasteiger partial charge in [-0.3, -0.25) is 0 Å². The monoisotopic (exact) mass is 318 g/mol. The van der Waals surface area contributed by atoms with Gasteiger partial charge in [-0.15, -0.1) is 0 Å². The van der Waals surface area contributed by atoms with Crippen LogP contribution in [0.4, 0.5) is 0 Å². The van der Waals surface area contributed by atoms with Crippen LogP contribution in [0, 0.1) is 0 Å². The molecule has 2 N–H and O–H groups in total. The van der Waals surface area contributed by atoms with Gasteiger partial charge in [0.2, 0.25) is 0 Å². The summed E-state index contributed by atoms with van der Waals surface area (Å²) in [6, 6.07) is 4.82. The van der Waals surface area contributed by atoms with Gasteiger partial charge in [0, 0.05) is 6.07 Å².